The van der Waals surface area contributed by atoms with Crippen molar-refractivity contribution < 1.29 is 8.91 Å². The van der Waals surface area contributed by atoms with Crippen LogP contribution in [0.2, 0.25) is 0 Å². The number of nitrogens with one attached hydrogen (secondary N) is 1. The molecule has 1 unspecified atom stereocenters. The average molecular weight is 355 g/mol. The second-order valence-corrected chi connectivity index (χ2v) is 5.99. The van der Waals surface area contributed by atoms with Crippen LogP contribution in [0.15, 0.2) is 27.2 Å². The summed E-state index contributed by atoms with van der Waals surface area (Å²) >= 11 is 3.26. The Balaban J connectivity index is 1.82. The fourth-order valence-electron chi connectivity index (χ4n) is 2.43. The summed E-state index contributed by atoms with van der Waals surface area (Å²) in [6, 6.07) is 4.62. The van der Waals surface area contributed by atoms with E-state index in [-0.39, 0.29) is 11.9 Å². The number of piperazine rings is 1. The number of halogens is 2. The average Bonchev–Trinajstić information content (AvgIpc) is 2.96. The molecule has 1 aliphatic heterocycles. The maximum atomic E-state index is 13.4. The van der Waals surface area contributed by atoms with Crippen LogP contribution in [0.4, 0.5) is 4.39 Å². The van der Waals surface area contributed by atoms with Crippen LogP contribution < -0.4 is 5.32 Å². The van der Waals surface area contributed by atoms with E-state index in [0.717, 1.165) is 26.2 Å². The van der Waals surface area contributed by atoms with Crippen LogP contribution >= 0.6 is 15.9 Å². The fourth-order valence-corrected chi connectivity index (χ4v) is 2.90. The first-order chi connectivity index (χ1) is 10.1. The molecule has 0 spiro atoms. The molecule has 1 atom stereocenters. The Labute approximate surface area is 130 Å². The molecule has 1 fully saturated rings. The van der Waals surface area contributed by atoms with Gasteiger partial charge in [0.2, 0.25) is 0 Å². The molecule has 0 amide bonds. The van der Waals surface area contributed by atoms with E-state index in [0.29, 0.717) is 21.8 Å². The number of nitrogens with zero attached hydrogens (tertiary/aromatic N) is 3. The van der Waals surface area contributed by atoms with Crippen molar-refractivity contribution in [1.29, 1.82) is 0 Å². The van der Waals surface area contributed by atoms with Crippen molar-refractivity contribution in [3.63, 3.8) is 0 Å². The van der Waals surface area contributed by atoms with E-state index in [1.54, 1.807) is 6.07 Å². The smallest absolute Gasteiger partial charge is 0.258 e. The van der Waals surface area contributed by atoms with Gasteiger partial charge in [-0.25, -0.2) is 4.39 Å². The zero-order valence-corrected chi connectivity index (χ0v) is 13.2. The molecule has 5 nitrogen and oxygen atoms in total. The first kappa shape index (κ1) is 14.6. The molecule has 7 heteroatoms. The van der Waals surface area contributed by atoms with Gasteiger partial charge >= 0.3 is 0 Å². The molecule has 2 heterocycles. The van der Waals surface area contributed by atoms with Crippen LogP contribution in [0.1, 0.15) is 18.8 Å². The summed E-state index contributed by atoms with van der Waals surface area (Å²) in [4.78, 5) is 6.71. The standard InChI is InChI=1S/C14H16BrFN4O/c1-9(20-4-2-17-3-5-20)13-18-14(21-19-13)10-6-11(15)8-12(16)7-10/h6-9,17H,2-5H2,1H3. The predicted molar refractivity (Wildman–Crippen MR) is 80.2 cm³/mol. The van der Waals surface area contributed by atoms with Gasteiger partial charge in [0.1, 0.15) is 5.82 Å². The SMILES string of the molecule is CC(c1noc(-c2cc(F)cc(Br)c2)n1)N1CCNCC1. The molecule has 0 radical (unpaired) electrons. The lowest BCUT2D eigenvalue weighted by molar-refractivity contribution is 0.176. The Hall–Kier alpha value is -1.31. The molecule has 1 aliphatic rings. The van der Waals surface area contributed by atoms with E-state index in [4.69, 9.17) is 4.52 Å². The first-order valence-electron chi connectivity index (χ1n) is 6.88. The van der Waals surface area contributed by atoms with Gasteiger partial charge in [-0.3, -0.25) is 4.90 Å². The lowest BCUT2D eigenvalue weighted by Crippen LogP contribution is -2.44. The summed E-state index contributed by atoms with van der Waals surface area (Å²) in [6.07, 6.45) is 0. The minimum atomic E-state index is -0.339. The third-order valence-electron chi connectivity index (χ3n) is 3.62. The highest BCUT2D eigenvalue weighted by molar-refractivity contribution is 9.10. The van der Waals surface area contributed by atoms with Crippen molar-refractivity contribution >= 4 is 15.9 Å². The summed E-state index contributed by atoms with van der Waals surface area (Å²) in [7, 11) is 0. The zero-order chi connectivity index (χ0) is 14.8. The van der Waals surface area contributed by atoms with E-state index in [1.807, 2.05) is 0 Å². The molecule has 0 aliphatic carbocycles. The molecular formula is C14H16BrFN4O. The lowest BCUT2D eigenvalue weighted by Gasteiger charge is -2.30. The van der Waals surface area contributed by atoms with Crippen LogP contribution in [-0.4, -0.2) is 41.2 Å². The van der Waals surface area contributed by atoms with Crippen LogP contribution in [-0.2, 0) is 0 Å². The number of rotatable bonds is 3. The maximum Gasteiger partial charge on any atom is 0.258 e. The molecular weight excluding hydrogens is 339 g/mol. The van der Waals surface area contributed by atoms with Crippen molar-refractivity contribution in [1.82, 2.24) is 20.4 Å². The summed E-state index contributed by atoms with van der Waals surface area (Å²) in [5, 5.41) is 7.35. The maximum absolute atomic E-state index is 13.4. The fraction of sp³-hybridized carbons (Fsp3) is 0.429. The number of aromatic nitrogens is 2. The van der Waals surface area contributed by atoms with Gasteiger partial charge in [-0.2, -0.15) is 4.98 Å². The Kier molecular flexibility index (Phi) is 4.32. The minimum absolute atomic E-state index is 0.0848. The van der Waals surface area contributed by atoms with Gasteiger partial charge in [-0.05, 0) is 25.1 Å². The molecule has 1 aromatic heterocycles. The Morgan fingerprint density at radius 3 is 2.81 bits per heavy atom. The molecule has 3 rings (SSSR count). The number of hydrogen-bond acceptors (Lipinski definition) is 5. The summed E-state index contributed by atoms with van der Waals surface area (Å²) in [5.41, 5.74) is 0.577. The Bertz CT molecular complexity index is 607. The molecule has 1 saturated heterocycles. The first-order valence-corrected chi connectivity index (χ1v) is 7.67. The van der Waals surface area contributed by atoms with Gasteiger partial charge in [-0.15, -0.1) is 0 Å². The topological polar surface area (TPSA) is 54.2 Å². The number of benzene rings is 1. The van der Waals surface area contributed by atoms with Gasteiger partial charge in [0.05, 0.1) is 6.04 Å². The van der Waals surface area contributed by atoms with Crippen LogP contribution in [0.5, 0.6) is 0 Å². The molecule has 0 bridgehead atoms. The zero-order valence-electron chi connectivity index (χ0n) is 11.6. The highest BCUT2D eigenvalue weighted by Gasteiger charge is 2.22. The van der Waals surface area contributed by atoms with Crippen molar-refractivity contribution in [3.05, 3.63) is 34.3 Å². The largest absolute Gasteiger partial charge is 0.334 e. The van der Waals surface area contributed by atoms with E-state index in [9.17, 15) is 4.39 Å². The van der Waals surface area contributed by atoms with Crippen LogP contribution in [0.3, 0.4) is 0 Å². The number of hydrogen-bond donors (Lipinski definition) is 1. The summed E-state index contributed by atoms with van der Waals surface area (Å²) in [5.74, 6) is 0.633. The van der Waals surface area contributed by atoms with Crippen molar-refractivity contribution in [2.24, 2.45) is 0 Å². The van der Waals surface area contributed by atoms with Gasteiger partial charge < -0.3 is 9.84 Å². The Morgan fingerprint density at radius 2 is 2.10 bits per heavy atom. The van der Waals surface area contributed by atoms with Crippen molar-refractivity contribution in [3.8, 4) is 11.5 Å². The molecule has 21 heavy (non-hydrogen) atoms. The van der Waals surface area contributed by atoms with Crippen LogP contribution in [0, 0.1) is 5.82 Å². The Morgan fingerprint density at radius 1 is 1.33 bits per heavy atom. The van der Waals surface area contributed by atoms with E-state index < -0.39 is 0 Å². The molecule has 2 aromatic rings. The quantitative estimate of drug-likeness (QED) is 0.917. The molecule has 1 N–H and O–H groups in total. The minimum Gasteiger partial charge on any atom is -0.334 e. The second-order valence-electron chi connectivity index (χ2n) is 5.08. The van der Waals surface area contributed by atoms with Crippen molar-refractivity contribution in [2.45, 2.75) is 13.0 Å². The van der Waals surface area contributed by atoms with Gasteiger partial charge in [0, 0.05) is 36.2 Å². The summed E-state index contributed by atoms with van der Waals surface area (Å²) < 4.78 is 19.4. The summed E-state index contributed by atoms with van der Waals surface area (Å²) in [6.45, 7) is 5.90. The van der Waals surface area contributed by atoms with E-state index in [1.165, 1.54) is 12.1 Å². The van der Waals surface area contributed by atoms with E-state index in [2.05, 4.69) is 43.2 Å². The molecule has 112 valence electrons. The third-order valence-corrected chi connectivity index (χ3v) is 4.08. The van der Waals surface area contributed by atoms with Crippen molar-refractivity contribution in [2.75, 3.05) is 26.2 Å². The van der Waals surface area contributed by atoms with Gasteiger partial charge in [0.25, 0.3) is 5.89 Å². The highest BCUT2D eigenvalue weighted by Crippen LogP contribution is 2.25. The lowest BCUT2D eigenvalue weighted by atomic mass is 10.2. The second kappa shape index (κ2) is 6.21. The van der Waals surface area contributed by atoms with E-state index >= 15 is 0 Å². The monoisotopic (exact) mass is 354 g/mol. The molecule has 1 aromatic carbocycles. The highest BCUT2D eigenvalue weighted by atomic mass is 79.9. The van der Waals surface area contributed by atoms with Gasteiger partial charge in [0.15, 0.2) is 5.82 Å². The normalized spacial score (nSPS) is 17.9. The van der Waals surface area contributed by atoms with Gasteiger partial charge in [-0.1, -0.05) is 21.1 Å². The third kappa shape index (κ3) is 3.30. The predicted octanol–water partition coefficient (Wildman–Crippen LogP) is 2.60. The van der Waals surface area contributed by atoms with Crippen LogP contribution in [0.25, 0.3) is 11.5 Å². The molecule has 0 saturated carbocycles.